The number of nitrogens with zero attached hydrogens (tertiary/aromatic N) is 6. The first-order chi connectivity index (χ1) is 11.8. The molecule has 4 aliphatic rings. The Morgan fingerprint density at radius 3 is 2.08 bits per heavy atom. The fourth-order valence-electron chi connectivity index (χ4n) is 4.76. The second-order valence-electron chi connectivity index (χ2n) is 8.00. The largest absolute Gasteiger partial charge is 0.265 e. The van der Waals surface area contributed by atoms with Crippen LogP contribution in [-0.4, -0.2) is 23.4 Å². The third-order valence-electron chi connectivity index (χ3n) is 6.39. The Kier molecular flexibility index (Phi) is 4.48. The Morgan fingerprint density at radius 1 is 0.750 bits per heavy atom. The molecule has 0 aromatic rings. The van der Waals surface area contributed by atoms with Crippen molar-refractivity contribution in [1.82, 2.24) is 0 Å². The fourth-order valence-corrected chi connectivity index (χ4v) is 4.76. The molecule has 0 aromatic heterocycles. The van der Waals surface area contributed by atoms with Gasteiger partial charge in [0.05, 0.1) is 0 Å². The first-order valence-corrected chi connectivity index (χ1v) is 10.1. The van der Waals surface area contributed by atoms with Crippen LogP contribution in [0.2, 0.25) is 0 Å². The molecule has 0 aromatic carbocycles. The van der Waals surface area contributed by atoms with Gasteiger partial charge in [-0.2, -0.15) is 30.7 Å². The number of azo groups is 3. The van der Waals surface area contributed by atoms with Gasteiger partial charge in [-0.05, 0) is 25.2 Å². The lowest BCUT2D eigenvalue weighted by molar-refractivity contribution is -0.0185. The first kappa shape index (κ1) is 16.3. The van der Waals surface area contributed by atoms with Crippen LogP contribution >= 0.6 is 0 Å². The summed E-state index contributed by atoms with van der Waals surface area (Å²) < 4.78 is 0. The molecule has 2 spiro atoms. The van der Waals surface area contributed by atoms with Gasteiger partial charge in [-0.25, -0.2) is 0 Å². The average molecular weight is 330 g/mol. The summed E-state index contributed by atoms with van der Waals surface area (Å²) in [5.41, 5.74) is -0.919. The lowest BCUT2D eigenvalue weighted by Crippen LogP contribution is -2.72. The molecule has 6 heteroatoms. The SMILES string of the molecule is CCCCCCCCCC1CCCCC2N=NC23N=NC32N=NC12. The molecule has 4 rings (SSSR count). The van der Waals surface area contributed by atoms with E-state index in [4.69, 9.17) is 0 Å². The summed E-state index contributed by atoms with van der Waals surface area (Å²) in [6, 6.07) is 0.406. The molecule has 132 valence electrons. The van der Waals surface area contributed by atoms with Gasteiger partial charge in [-0.1, -0.05) is 64.7 Å². The number of hydrogen-bond acceptors (Lipinski definition) is 6. The molecular weight excluding hydrogens is 300 g/mol. The Hall–Kier alpha value is -1.20. The van der Waals surface area contributed by atoms with Crippen LogP contribution in [0.5, 0.6) is 0 Å². The minimum absolute atomic E-state index is 0.203. The number of hydrogen-bond donors (Lipinski definition) is 0. The molecule has 3 aliphatic heterocycles. The Morgan fingerprint density at radius 2 is 1.46 bits per heavy atom. The summed E-state index contributed by atoms with van der Waals surface area (Å²) in [6.07, 6.45) is 15.6. The molecule has 0 saturated heterocycles. The highest BCUT2D eigenvalue weighted by molar-refractivity contribution is 5.29. The summed E-state index contributed by atoms with van der Waals surface area (Å²) in [5, 5.41) is 26.5. The van der Waals surface area contributed by atoms with Crippen LogP contribution in [0.3, 0.4) is 0 Å². The molecule has 1 saturated carbocycles. The Balaban J connectivity index is 1.32. The van der Waals surface area contributed by atoms with Gasteiger partial charge in [-0.3, -0.25) is 0 Å². The molecule has 3 heterocycles. The third kappa shape index (κ3) is 2.36. The standard InChI is InChI=1S/C18H30N6/c1-2-3-4-5-6-7-8-11-14-12-9-10-13-15-17(21-19-15)18(24-23-17)16(14)20-22-18/h14-16H,2-13H2,1H3. The minimum Gasteiger partial charge on any atom is -0.183 e. The van der Waals surface area contributed by atoms with Crippen molar-refractivity contribution in [2.45, 2.75) is 107 Å². The van der Waals surface area contributed by atoms with Crippen molar-refractivity contribution < 1.29 is 0 Å². The zero-order valence-corrected chi connectivity index (χ0v) is 14.9. The highest BCUT2D eigenvalue weighted by Gasteiger charge is 2.76. The maximum atomic E-state index is 4.51. The second-order valence-corrected chi connectivity index (χ2v) is 8.00. The van der Waals surface area contributed by atoms with Gasteiger partial charge in [0.1, 0.15) is 12.1 Å². The van der Waals surface area contributed by atoms with E-state index in [0.29, 0.717) is 5.92 Å². The maximum Gasteiger partial charge on any atom is 0.265 e. The molecule has 1 aliphatic carbocycles. The lowest BCUT2D eigenvalue weighted by Gasteiger charge is -2.55. The smallest absolute Gasteiger partial charge is 0.183 e. The molecule has 24 heavy (non-hydrogen) atoms. The van der Waals surface area contributed by atoms with Crippen LogP contribution in [0, 0.1) is 5.92 Å². The van der Waals surface area contributed by atoms with Crippen molar-refractivity contribution in [2.24, 2.45) is 36.6 Å². The van der Waals surface area contributed by atoms with Crippen molar-refractivity contribution in [3.8, 4) is 0 Å². The van der Waals surface area contributed by atoms with E-state index in [2.05, 4.69) is 37.6 Å². The number of rotatable bonds is 8. The van der Waals surface area contributed by atoms with Gasteiger partial charge in [0, 0.05) is 0 Å². The van der Waals surface area contributed by atoms with E-state index in [1.165, 1.54) is 70.6 Å². The van der Waals surface area contributed by atoms with Gasteiger partial charge >= 0.3 is 0 Å². The normalized spacial score (nSPS) is 41.6. The quantitative estimate of drug-likeness (QED) is 0.501. The predicted octanol–water partition coefficient (Wildman–Crippen LogP) is 5.84. The molecule has 0 N–H and O–H groups in total. The topological polar surface area (TPSA) is 74.2 Å². The van der Waals surface area contributed by atoms with E-state index in [9.17, 15) is 0 Å². The van der Waals surface area contributed by atoms with Gasteiger partial charge in [0.2, 0.25) is 0 Å². The van der Waals surface area contributed by atoms with Crippen LogP contribution in [0.15, 0.2) is 30.7 Å². The predicted molar refractivity (Wildman–Crippen MR) is 92.2 cm³/mol. The van der Waals surface area contributed by atoms with Crippen LogP contribution in [0.4, 0.5) is 0 Å². The van der Waals surface area contributed by atoms with E-state index in [-0.39, 0.29) is 12.1 Å². The van der Waals surface area contributed by atoms with Crippen molar-refractivity contribution in [3.63, 3.8) is 0 Å². The maximum absolute atomic E-state index is 4.51. The molecule has 0 radical (unpaired) electrons. The van der Waals surface area contributed by atoms with Gasteiger partial charge < -0.3 is 0 Å². The van der Waals surface area contributed by atoms with Gasteiger partial charge in [0.15, 0.2) is 0 Å². The van der Waals surface area contributed by atoms with Crippen LogP contribution < -0.4 is 0 Å². The molecule has 5 unspecified atom stereocenters. The zero-order chi connectivity index (χ0) is 16.5. The van der Waals surface area contributed by atoms with E-state index >= 15 is 0 Å². The molecular formula is C18H30N6. The monoisotopic (exact) mass is 330 g/mol. The first-order valence-electron chi connectivity index (χ1n) is 10.1. The minimum atomic E-state index is -0.463. The highest BCUT2D eigenvalue weighted by Crippen LogP contribution is 2.60. The Labute approximate surface area is 144 Å². The van der Waals surface area contributed by atoms with E-state index in [0.717, 1.165) is 6.42 Å². The van der Waals surface area contributed by atoms with Crippen LogP contribution in [0.1, 0.15) is 84.0 Å². The van der Waals surface area contributed by atoms with Crippen LogP contribution in [-0.2, 0) is 0 Å². The molecule has 0 amide bonds. The summed E-state index contributed by atoms with van der Waals surface area (Å²) in [6.45, 7) is 2.27. The summed E-state index contributed by atoms with van der Waals surface area (Å²) >= 11 is 0. The van der Waals surface area contributed by atoms with E-state index < -0.39 is 11.3 Å². The van der Waals surface area contributed by atoms with Crippen molar-refractivity contribution >= 4 is 0 Å². The highest BCUT2D eigenvalue weighted by atomic mass is 15.6. The van der Waals surface area contributed by atoms with E-state index in [1.807, 2.05) is 0 Å². The third-order valence-corrected chi connectivity index (χ3v) is 6.39. The molecule has 6 nitrogen and oxygen atoms in total. The summed E-state index contributed by atoms with van der Waals surface area (Å²) in [5.74, 6) is 0.601. The Bertz CT molecular complexity index is 544. The van der Waals surface area contributed by atoms with Crippen molar-refractivity contribution in [2.75, 3.05) is 0 Å². The summed E-state index contributed by atoms with van der Waals surface area (Å²) in [4.78, 5) is 0. The van der Waals surface area contributed by atoms with Gasteiger partial charge in [-0.15, -0.1) is 0 Å². The number of unbranched alkanes of at least 4 members (excludes halogenated alkanes) is 6. The zero-order valence-electron chi connectivity index (χ0n) is 14.9. The van der Waals surface area contributed by atoms with Gasteiger partial charge in [0.25, 0.3) is 11.3 Å². The lowest BCUT2D eigenvalue weighted by atomic mass is 9.71. The van der Waals surface area contributed by atoms with Crippen LogP contribution in [0.25, 0.3) is 0 Å². The molecule has 5 atom stereocenters. The molecule has 0 bridgehead atoms. The fraction of sp³-hybridized carbons (Fsp3) is 1.00. The second kappa shape index (κ2) is 6.60. The van der Waals surface area contributed by atoms with Crippen molar-refractivity contribution in [3.05, 3.63) is 0 Å². The summed E-state index contributed by atoms with van der Waals surface area (Å²) in [7, 11) is 0. The average Bonchev–Trinajstić information content (AvgIpc) is 2.51. The van der Waals surface area contributed by atoms with E-state index in [1.54, 1.807) is 0 Å². The van der Waals surface area contributed by atoms with Crippen molar-refractivity contribution in [1.29, 1.82) is 0 Å². The molecule has 1 fully saturated rings.